The Morgan fingerprint density at radius 1 is 0.481 bits per heavy atom. The molecule has 5 heteroatoms. The van der Waals surface area contributed by atoms with Crippen molar-refractivity contribution in [2.24, 2.45) is 0 Å². The van der Waals surface area contributed by atoms with Gasteiger partial charge in [0.1, 0.15) is 10.6 Å². The lowest BCUT2D eigenvalue weighted by Crippen LogP contribution is -2.10. The Bertz CT molecular complexity index is 3130. The molecule has 0 aliphatic carbocycles. The smallest absolute Gasteiger partial charge is 0.159 e. The van der Waals surface area contributed by atoms with E-state index in [9.17, 15) is 0 Å². The molecule has 11 aromatic rings. The minimum absolute atomic E-state index is 0.871. The van der Waals surface area contributed by atoms with Gasteiger partial charge in [-0.2, -0.15) is 0 Å². The van der Waals surface area contributed by atoms with E-state index in [1.807, 2.05) is 23.5 Å². The predicted octanol–water partition coefficient (Wildman–Crippen LogP) is 14.5. The topological polar surface area (TPSA) is 29.3 Å². The highest BCUT2D eigenvalue weighted by atomic mass is 32.1. The minimum atomic E-state index is 0.871. The van der Waals surface area contributed by atoms with Gasteiger partial charge in [-0.25, -0.2) is 4.98 Å². The normalized spacial score (nSPS) is 11.8. The number of benzene rings is 8. The van der Waals surface area contributed by atoms with Crippen molar-refractivity contribution in [3.63, 3.8) is 0 Å². The maximum Gasteiger partial charge on any atom is 0.159 e. The molecule has 0 fully saturated rings. The van der Waals surface area contributed by atoms with Crippen LogP contribution in [-0.4, -0.2) is 4.98 Å². The summed E-state index contributed by atoms with van der Waals surface area (Å²) in [7, 11) is 0. The second-order valence-corrected chi connectivity index (χ2v) is 15.2. The van der Waals surface area contributed by atoms with Gasteiger partial charge >= 0.3 is 0 Å². The predicted molar refractivity (Wildman–Crippen MR) is 223 cm³/mol. The van der Waals surface area contributed by atoms with Gasteiger partial charge in [-0.1, -0.05) is 121 Å². The Labute approximate surface area is 307 Å². The van der Waals surface area contributed by atoms with E-state index in [-0.39, 0.29) is 0 Å². The molecule has 0 amide bonds. The number of furan rings is 1. The molecule has 0 bridgehead atoms. The van der Waals surface area contributed by atoms with Gasteiger partial charge in [0.25, 0.3) is 0 Å². The standard InChI is InChI=1S/C47H28N2OS2/c1-2-11-31(12-3-1)47-48-45-42(52-47)27-26-41-44(45)38-25-24-33(28-43(38)51-41)49(39-18-9-17-37-36-15-6-7-19-40(36)50-46(37)39)32-22-20-30(21-23-32)35-16-8-13-29-10-4-5-14-34(29)35/h1-28H. The Kier molecular flexibility index (Phi) is 6.59. The molecular formula is C47H28N2OS2. The fourth-order valence-corrected chi connectivity index (χ4v) is 9.81. The molecular weight excluding hydrogens is 673 g/mol. The first-order chi connectivity index (χ1) is 25.8. The first kappa shape index (κ1) is 29.5. The quantitative estimate of drug-likeness (QED) is 0.179. The van der Waals surface area contributed by atoms with Crippen molar-refractivity contribution in [1.29, 1.82) is 0 Å². The summed E-state index contributed by atoms with van der Waals surface area (Å²) >= 11 is 3.58. The van der Waals surface area contributed by atoms with Crippen LogP contribution in [0.5, 0.6) is 0 Å². The van der Waals surface area contributed by atoms with Crippen LogP contribution in [-0.2, 0) is 0 Å². The van der Waals surface area contributed by atoms with Crippen LogP contribution in [0.3, 0.4) is 0 Å². The van der Waals surface area contributed by atoms with Crippen molar-refractivity contribution in [3.8, 4) is 21.7 Å². The van der Waals surface area contributed by atoms with Crippen molar-refractivity contribution < 1.29 is 4.42 Å². The molecule has 0 saturated carbocycles. The maximum atomic E-state index is 6.63. The number of nitrogens with zero attached hydrogens (tertiary/aromatic N) is 2. The number of para-hydroxylation sites is 2. The zero-order chi connectivity index (χ0) is 34.2. The Hall–Kier alpha value is -6.27. The number of thiophene rings is 1. The van der Waals surface area contributed by atoms with E-state index in [2.05, 4.69) is 163 Å². The van der Waals surface area contributed by atoms with Gasteiger partial charge in [-0.05, 0) is 70.4 Å². The highest BCUT2D eigenvalue weighted by Gasteiger charge is 2.21. The first-order valence-corrected chi connectivity index (χ1v) is 19.0. The van der Waals surface area contributed by atoms with Crippen LogP contribution in [0.4, 0.5) is 17.1 Å². The summed E-state index contributed by atoms with van der Waals surface area (Å²) in [5.74, 6) is 0. The van der Waals surface area contributed by atoms with E-state index in [1.54, 1.807) is 11.3 Å². The van der Waals surface area contributed by atoms with Gasteiger partial charge in [0, 0.05) is 47.9 Å². The third-order valence-corrected chi connectivity index (χ3v) is 12.3. The molecule has 3 nitrogen and oxygen atoms in total. The second kappa shape index (κ2) is 11.6. The lowest BCUT2D eigenvalue weighted by Gasteiger charge is -2.26. The average Bonchev–Trinajstić information content (AvgIpc) is 3.92. The number of hydrogen-bond acceptors (Lipinski definition) is 5. The van der Waals surface area contributed by atoms with Crippen molar-refractivity contribution >= 4 is 103 Å². The Morgan fingerprint density at radius 2 is 1.21 bits per heavy atom. The summed E-state index contributed by atoms with van der Waals surface area (Å²) in [6.45, 7) is 0. The largest absolute Gasteiger partial charge is 0.454 e. The van der Waals surface area contributed by atoms with Gasteiger partial charge in [-0.3, -0.25) is 0 Å². The third kappa shape index (κ3) is 4.60. The summed E-state index contributed by atoms with van der Waals surface area (Å²) in [5, 5.41) is 8.23. The fraction of sp³-hybridized carbons (Fsp3) is 0. The molecule has 0 atom stereocenters. The number of hydrogen-bond donors (Lipinski definition) is 0. The Morgan fingerprint density at radius 3 is 2.12 bits per heavy atom. The van der Waals surface area contributed by atoms with E-state index in [0.717, 1.165) is 55.1 Å². The molecule has 3 heterocycles. The molecule has 0 N–H and O–H groups in total. The first-order valence-electron chi connectivity index (χ1n) is 17.4. The van der Waals surface area contributed by atoms with Gasteiger partial charge in [0.15, 0.2) is 5.58 Å². The molecule has 8 aromatic carbocycles. The summed E-state index contributed by atoms with van der Waals surface area (Å²) < 4.78 is 10.3. The van der Waals surface area contributed by atoms with E-state index >= 15 is 0 Å². The Balaban J connectivity index is 1.10. The number of thiazole rings is 1. The van der Waals surface area contributed by atoms with E-state index in [0.29, 0.717) is 0 Å². The number of aromatic nitrogens is 1. The highest BCUT2D eigenvalue weighted by Crippen LogP contribution is 2.46. The number of rotatable bonds is 5. The zero-order valence-electron chi connectivity index (χ0n) is 27.8. The summed E-state index contributed by atoms with van der Waals surface area (Å²) in [6, 6.07) is 60.6. The van der Waals surface area contributed by atoms with E-state index in [1.165, 1.54) is 46.8 Å². The molecule has 244 valence electrons. The second-order valence-electron chi connectivity index (χ2n) is 13.1. The molecule has 11 rings (SSSR count). The van der Waals surface area contributed by atoms with Gasteiger partial charge in [-0.15, -0.1) is 22.7 Å². The van der Waals surface area contributed by atoms with Crippen LogP contribution in [0.2, 0.25) is 0 Å². The lowest BCUT2D eigenvalue weighted by atomic mass is 9.98. The molecule has 3 aromatic heterocycles. The van der Waals surface area contributed by atoms with Crippen molar-refractivity contribution in [3.05, 3.63) is 170 Å². The molecule has 0 radical (unpaired) electrons. The average molecular weight is 701 g/mol. The molecule has 0 spiro atoms. The SMILES string of the molecule is c1ccc(-c2nc3c(ccc4sc5cc(N(c6ccc(-c7cccc8ccccc78)cc6)c6cccc7c6oc6ccccc67)ccc5c43)s2)cc1. The molecule has 52 heavy (non-hydrogen) atoms. The van der Waals surface area contributed by atoms with Crippen LogP contribution in [0.15, 0.2) is 174 Å². The van der Waals surface area contributed by atoms with E-state index < -0.39 is 0 Å². The van der Waals surface area contributed by atoms with Crippen LogP contribution in [0.25, 0.3) is 84.8 Å². The van der Waals surface area contributed by atoms with Gasteiger partial charge in [0.2, 0.25) is 0 Å². The van der Waals surface area contributed by atoms with E-state index in [4.69, 9.17) is 9.40 Å². The van der Waals surface area contributed by atoms with Crippen molar-refractivity contribution in [2.45, 2.75) is 0 Å². The minimum Gasteiger partial charge on any atom is -0.454 e. The van der Waals surface area contributed by atoms with Crippen LogP contribution < -0.4 is 4.90 Å². The van der Waals surface area contributed by atoms with Crippen LogP contribution >= 0.6 is 22.7 Å². The fourth-order valence-electron chi connectivity index (χ4n) is 7.69. The summed E-state index contributed by atoms with van der Waals surface area (Å²) in [6.07, 6.45) is 0. The maximum absolute atomic E-state index is 6.63. The van der Waals surface area contributed by atoms with Crippen LogP contribution in [0, 0.1) is 0 Å². The molecule has 0 saturated heterocycles. The summed E-state index contributed by atoms with van der Waals surface area (Å²) in [5.41, 5.74) is 9.54. The lowest BCUT2D eigenvalue weighted by molar-refractivity contribution is 0.669. The van der Waals surface area contributed by atoms with Crippen molar-refractivity contribution in [1.82, 2.24) is 4.98 Å². The monoisotopic (exact) mass is 700 g/mol. The third-order valence-electron chi connectivity index (χ3n) is 10.1. The van der Waals surface area contributed by atoms with Gasteiger partial charge in [0.05, 0.1) is 15.9 Å². The molecule has 0 unspecified atom stereocenters. The zero-order valence-corrected chi connectivity index (χ0v) is 29.4. The highest BCUT2D eigenvalue weighted by molar-refractivity contribution is 7.26. The van der Waals surface area contributed by atoms with Gasteiger partial charge < -0.3 is 9.32 Å². The van der Waals surface area contributed by atoms with Crippen LogP contribution in [0.1, 0.15) is 0 Å². The molecule has 0 aliphatic heterocycles. The molecule has 0 aliphatic rings. The number of anilines is 3. The summed E-state index contributed by atoms with van der Waals surface area (Å²) in [4.78, 5) is 7.54. The number of fused-ring (bicyclic) bond motifs is 9. The van der Waals surface area contributed by atoms with Crippen molar-refractivity contribution in [2.75, 3.05) is 4.90 Å².